The van der Waals surface area contributed by atoms with Crippen molar-refractivity contribution < 1.29 is 4.74 Å². The molecule has 1 aliphatic carbocycles. The molecular formula is C13H28O. The minimum absolute atomic E-state index is 0.408. The fourth-order valence-corrected chi connectivity index (χ4v) is 1.89. The highest BCUT2D eigenvalue weighted by molar-refractivity contribution is 4.70. The average molecular weight is 200 g/mol. The summed E-state index contributed by atoms with van der Waals surface area (Å²) < 4.78 is 5.76. The standard InChI is InChI=1S/C10H20O.C3H8/c1-8(2)11-10-6-4-5-9(3)7-10;1-3-2/h8-10H,4-7H2,1-3H3;3H2,1-2H3. The van der Waals surface area contributed by atoms with Crippen LogP contribution in [0.1, 0.15) is 66.7 Å². The molecule has 2 unspecified atom stereocenters. The maximum absolute atomic E-state index is 5.76. The van der Waals surface area contributed by atoms with E-state index in [2.05, 4.69) is 34.6 Å². The van der Waals surface area contributed by atoms with Crippen LogP contribution in [0.5, 0.6) is 0 Å². The van der Waals surface area contributed by atoms with Crippen molar-refractivity contribution in [3.8, 4) is 0 Å². The summed E-state index contributed by atoms with van der Waals surface area (Å²) in [5.74, 6) is 0.882. The Morgan fingerprint density at radius 1 is 1.21 bits per heavy atom. The van der Waals surface area contributed by atoms with Crippen molar-refractivity contribution in [3.63, 3.8) is 0 Å². The molecule has 0 aromatic rings. The summed E-state index contributed by atoms with van der Waals surface area (Å²) in [7, 11) is 0. The minimum Gasteiger partial charge on any atom is -0.376 e. The third-order valence-corrected chi connectivity index (χ3v) is 2.35. The first-order valence-electron chi connectivity index (χ1n) is 6.25. The van der Waals surface area contributed by atoms with Gasteiger partial charge < -0.3 is 4.74 Å². The zero-order valence-electron chi connectivity index (χ0n) is 10.7. The molecule has 2 atom stereocenters. The van der Waals surface area contributed by atoms with Gasteiger partial charge in [-0.05, 0) is 32.6 Å². The minimum atomic E-state index is 0.408. The molecule has 1 heteroatoms. The highest BCUT2D eigenvalue weighted by Crippen LogP contribution is 2.26. The molecule has 1 nitrogen and oxygen atoms in total. The lowest BCUT2D eigenvalue weighted by molar-refractivity contribution is -0.0218. The quantitative estimate of drug-likeness (QED) is 0.641. The van der Waals surface area contributed by atoms with E-state index in [4.69, 9.17) is 4.74 Å². The molecule has 0 heterocycles. The van der Waals surface area contributed by atoms with Crippen molar-refractivity contribution in [2.75, 3.05) is 0 Å². The monoisotopic (exact) mass is 200 g/mol. The molecule has 0 aromatic carbocycles. The molecule has 0 amide bonds. The second-order valence-electron chi connectivity index (χ2n) is 4.79. The lowest BCUT2D eigenvalue weighted by Gasteiger charge is -2.28. The van der Waals surface area contributed by atoms with Crippen molar-refractivity contribution in [1.82, 2.24) is 0 Å². The summed E-state index contributed by atoms with van der Waals surface area (Å²) in [6.07, 6.45) is 7.53. The fraction of sp³-hybridized carbons (Fsp3) is 1.00. The van der Waals surface area contributed by atoms with Gasteiger partial charge in [0, 0.05) is 0 Å². The summed E-state index contributed by atoms with van der Waals surface area (Å²) in [6, 6.07) is 0. The molecule has 0 bridgehead atoms. The molecule has 86 valence electrons. The van der Waals surface area contributed by atoms with Gasteiger partial charge in [-0.3, -0.25) is 0 Å². The number of ether oxygens (including phenoxy) is 1. The maximum Gasteiger partial charge on any atom is 0.0581 e. The Morgan fingerprint density at radius 3 is 2.21 bits per heavy atom. The summed E-state index contributed by atoms with van der Waals surface area (Å²) in [6.45, 7) is 10.8. The second-order valence-corrected chi connectivity index (χ2v) is 4.79. The lowest BCUT2D eigenvalue weighted by atomic mass is 9.88. The Labute approximate surface area is 90.2 Å². The molecule has 14 heavy (non-hydrogen) atoms. The topological polar surface area (TPSA) is 9.23 Å². The first-order chi connectivity index (χ1) is 6.60. The summed E-state index contributed by atoms with van der Waals surface area (Å²) in [5.41, 5.74) is 0. The van der Waals surface area contributed by atoms with Crippen LogP contribution in [0.25, 0.3) is 0 Å². The van der Waals surface area contributed by atoms with Gasteiger partial charge in [-0.25, -0.2) is 0 Å². The molecule has 0 radical (unpaired) electrons. The van der Waals surface area contributed by atoms with Crippen LogP contribution in [-0.4, -0.2) is 12.2 Å². The van der Waals surface area contributed by atoms with Crippen LogP contribution in [-0.2, 0) is 4.74 Å². The summed E-state index contributed by atoms with van der Waals surface area (Å²) in [4.78, 5) is 0. The predicted molar refractivity (Wildman–Crippen MR) is 63.6 cm³/mol. The van der Waals surface area contributed by atoms with Crippen LogP contribution < -0.4 is 0 Å². The Kier molecular flexibility index (Phi) is 8.26. The normalized spacial score (nSPS) is 27.0. The van der Waals surface area contributed by atoms with Gasteiger partial charge in [-0.2, -0.15) is 0 Å². The van der Waals surface area contributed by atoms with Crippen molar-refractivity contribution in [2.24, 2.45) is 5.92 Å². The van der Waals surface area contributed by atoms with Gasteiger partial charge >= 0.3 is 0 Å². The molecule has 0 aromatic heterocycles. The average Bonchev–Trinajstić information content (AvgIpc) is 2.03. The van der Waals surface area contributed by atoms with E-state index in [1.54, 1.807) is 0 Å². The summed E-state index contributed by atoms with van der Waals surface area (Å²) in [5, 5.41) is 0. The predicted octanol–water partition coefficient (Wildman–Crippen LogP) is 4.41. The molecule has 0 aliphatic heterocycles. The van der Waals surface area contributed by atoms with Crippen LogP contribution in [0.4, 0.5) is 0 Å². The van der Waals surface area contributed by atoms with Gasteiger partial charge in [-0.15, -0.1) is 0 Å². The van der Waals surface area contributed by atoms with Crippen molar-refractivity contribution in [1.29, 1.82) is 0 Å². The van der Waals surface area contributed by atoms with Crippen LogP contribution >= 0.6 is 0 Å². The van der Waals surface area contributed by atoms with Gasteiger partial charge in [0.2, 0.25) is 0 Å². The fourth-order valence-electron chi connectivity index (χ4n) is 1.89. The van der Waals surface area contributed by atoms with Crippen molar-refractivity contribution in [3.05, 3.63) is 0 Å². The zero-order valence-corrected chi connectivity index (χ0v) is 10.7. The van der Waals surface area contributed by atoms with Gasteiger partial charge in [0.25, 0.3) is 0 Å². The van der Waals surface area contributed by atoms with Gasteiger partial charge in [0.05, 0.1) is 12.2 Å². The van der Waals surface area contributed by atoms with E-state index in [1.807, 2.05) is 0 Å². The van der Waals surface area contributed by atoms with E-state index < -0.39 is 0 Å². The van der Waals surface area contributed by atoms with E-state index in [0.29, 0.717) is 12.2 Å². The number of hydrogen-bond acceptors (Lipinski definition) is 1. The van der Waals surface area contributed by atoms with Crippen LogP contribution in [0.15, 0.2) is 0 Å². The highest BCUT2D eigenvalue weighted by Gasteiger charge is 2.19. The number of hydrogen-bond donors (Lipinski definition) is 0. The van der Waals surface area contributed by atoms with Crippen LogP contribution in [0.3, 0.4) is 0 Å². The largest absolute Gasteiger partial charge is 0.376 e. The number of rotatable bonds is 2. The third kappa shape index (κ3) is 7.37. The molecule has 1 aliphatic rings. The highest BCUT2D eigenvalue weighted by atomic mass is 16.5. The molecule has 0 spiro atoms. The summed E-state index contributed by atoms with van der Waals surface area (Å²) >= 11 is 0. The maximum atomic E-state index is 5.76. The molecule has 0 saturated heterocycles. The zero-order chi connectivity index (χ0) is 11.0. The van der Waals surface area contributed by atoms with Gasteiger partial charge in [0.15, 0.2) is 0 Å². The molecule has 1 fully saturated rings. The molecular weight excluding hydrogens is 172 g/mol. The second kappa shape index (κ2) is 8.28. The third-order valence-electron chi connectivity index (χ3n) is 2.35. The Balaban J connectivity index is 0.000000500. The van der Waals surface area contributed by atoms with E-state index in [0.717, 1.165) is 5.92 Å². The van der Waals surface area contributed by atoms with Crippen molar-refractivity contribution >= 4 is 0 Å². The Hall–Kier alpha value is -0.0400. The van der Waals surface area contributed by atoms with Gasteiger partial charge in [-0.1, -0.05) is 40.0 Å². The Morgan fingerprint density at radius 2 is 1.79 bits per heavy atom. The van der Waals surface area contributed by atoms with E-state index in [-0.39, 0.29) is 0 Å². The van der Waals surface area contributed by atoms with Crippen LogP contribution in [0.2, 0.25) is 0 Å². The first kappa shape index (κ1) is 14.0. The van der Waals surface area contributed by atoms with E-state index in [1.165, 1.54) is 32.1 Å². The molecule has 0 N–H and O–H groups in total. The SMILES string of the molecule is CC1CCCC(OC(C)C)C1.CCC. The lowest BCUT2D eigenvalue weighted by Crippen LogP contribution is -2.24. The van der Waals surface area contributed by atoms with E-state index in [9.17, 15) is 0 Å². The smallest absolute Gasteiger partial charge is 0.0581 e. The Bertz CT molecular complexity index is 118. The first-order valence-corrected chi connectivity index (χ1v) is 6.25. The molecule has 1 saturated carbocycles. The van der Waals surface area contributed by atoms with Crippen LogP contribution in [0, 0.1) is 5.92 Å². The van der Waals surface area contributed by atoms with Gasteiger partial charge in [0.1, 0.15) is 0 Å². The molecule has 1 rings (SSSR count). The van der Waals surface area contributed by atoms with E-state index >= 15 is 0 Å². The van der Waals surface area contributed by atoms with Crippen molar-refractivity contribution in [2.45, 2.75) is 78.9 Å².